The first-order valence-corrected chi connectivity index (χ1v) is 5.44. The van der Waals surface area contributed by atoms with Crippen LogP contribution in [0.3, 0.4) is 0 Å². The molecule has 0 atom stereocenters. The van der Waals surface area contributed by atoms with E-state index in [1.54, 1.807) is 0 Å². The summed E-state index contributed by atoms with van der Waals surface area (Å²) in [4.78, 5) is 13.9. The minimum Gasteiger partial charge on any atom is -0.504 e. The fourth-order valence-electron chi connectivity index (χ4n) is 1.93. The van der Waals surface area contributed by atoms with Gasteiger partial charge in [-0.15, -0.1) is 0 Å². The largest absolute Gasteiger partial charge is 0.504 e. The number of ketones is 1. The van der Waals surface area contributed by atoms with Crippen molar-refractivity contribution in [3.8, 4) is 11.5 Å². The number of carbonyl (C=O) groups is 1. The van der Waals surface area contributed by atoms with Crippen molar-refractivity contribution in [1.29, 1.82) is 0 Å². The molecular formula is C12H15NO3. The Kier molecular flexibility index (Phi) is 3.10. The number of nitrogens with zero attached hydrogens (tertiary/aromatic N) is 1. The lowest BCUT2D eigenvalue weighted by molar-refractivity contribution is 0.0945. The van der Waals surface area contributed by atoms with Gasteiger partial charge in [-0.3, -0.25) is 9.69 Å². The van der Waals surface area contributed by atoms with Crippen LogP contribution in [0, 0.1) is 0 Å². The van der Waals surface area contributed by atoms with Gasteiger partial charge >= 0.3 is 0 Å². The standard InChI is InChI=1S/C12H15NO3/c14-10-4-3-9(7-11(10)15)12(16)8-13-5-1-2-6-13/h3-4,7,14-15H,1-2,5-6,8H2. The molecule has 0 bridgehead atoms. The summed E-state index contributed by atoms with van der Waals surface area (Å²) >= 11 is 0. The van der Waals surface area contributed by atoms with Crippen LogP contribution in [0.15, 0.2) is 18.2 Å². The second-order valence-corrected chi connectivity index (χ2v) is 4.11. The molecule has 1 aromatic rings. The zero-order chi connectivity index (χ0) is 11.5. The van der Waals surface area contributed by atoms with Crippen molar-refractivity contribution >= 4 is 5.78 Å². The van der Waals surface area contributed by atoms with E-state index >= 15 is 0 Å². The first-order chi connectivity index (χ1) is 7.66. The van der Waals surface area contributed by atoms with Crippen LogP contribution in [0.4, 0.5) is 0 Å². The molecule has 1 aliphatic heterocycles. The van der Waals surface area contributed by atoms with E-state index in [4.69, 9.17) is 5.11 Å². The van der Waals surface area contributed by atoms with Crippen molar-refractivity contribution in [3.63, 3.8) is 0 Å². The van der Waals surface area contributed by atoms with Gasteiger partial charge in [-0.1, -0.05) is 0 Å². The Morgan fingerprint density at radius 3 is 2.50 bits per heavy atom. The normalized spacial score (nSPS) is 16.5. The van der Waals surface area contributed by atoms with Gasteiger partial charge in [-0.2, -0.15) is 0 Å². The van der Waals surface area contributed by atoms with Crippen LogP contribution in [0.2, 0.25) is 0 Å². The molecule has 0 aliphatic carbocycles. The fourth-order valence-corrected chi connectivity index (χ4v) is 1.93. The quantitative estimate of drug-likeness (QED) is 0.598. The zero-order valence-corrected chi connectivity index (χ0v) is 9.02. The Bertz CT molecular complexity index is 397. The van der Waals surface area contributed by atoms with Gasteiger partial charge in [0.25, 0.3) is 0 Å². The maximum Gasteiger partial charge on any atom is 0.176 e. The Morgan fingerprint density at radius 1 is 1.19 bits per heavy atom. The number of hydrogen-bond acceptors (Lipinski definition) is 4. The highest BCUT2D eigenvalue weighted by Gasteiger charge is 2.16. The van der Waals surface area contributed by atoms with Gasteiger partial charge in [0, 0.05) is 5.56 Å². The molecule has 86 valence electrons. The summed E-state index contributed by atoms with van der Waals surface area (Å²) in [5.41, 5.74) is 0.446. The van der Waals surface area contributed by atoms with Crippen LogP contribution >= 0.6 is 0 Å². The third-order valence-electron chi connectivity index (χ3n) is 2.86. The molecule has 0 radical (unpaired) electrons. The molecule has 1 aliphatic rings. The molecule has 0 amide bonds. The molecule has 1 saturated heterocycles. The zero-order valence-electron chi connectivity index (χ0n) is 9.02. The minimum atomic E-state index is -0.243. The molecule has 0 unspecified atom stereocenters. The lowest BCUT2D eigenvalue weighted by atomic mass is 10.1. The molecule has 2 rings (SSSR count). The van der Waals surface area contributed by atoms with Gasteiger partial charge in [0.05, 0.1) is 6.54 Å². The number of aromatic hydroxyl groups is 2. The van der Waals surface area contributed by atoms with E-state index in [1.165, 1.54) is 18.2 Å². The van der Waals surface area contributed by atoms with Gasteiger partial charge < -0.3 is 10.2 Å². The highest BCUT2D eigenvalue weighted by atomic mass is 16.3. The summed E-state index contributed by atoms with van der Waals surface area (Å²) in [6.45, 7) is 2.33. The number of phenolic OH excluding ortho intramolecular Hbond substituents is 2. The van der Waals surface area contributed by atoms with Crippen molar-refractivity contribution in [1.82, 2.24) is 4.90 Å². The lowest BCUT2D eigenvalue weighted by Crippen LogP contribution is -2.26. The molecule has 4 heteroatoms. The van der Waals surface area contributed by atoms with Gasteiger partial charge in [0.15, 0.2) is 17.3 Å². The molecule has 0 spiro atoms. The first-order valence-electron chi connectivity index (χ1n) is 5.44. The highest BCUT2D eigenvalue weighted by Crippen LogP contribution is 2.25. The fraction of sp³-hybridized carbons (Fsp3) is 0.417. The van der Waals surface area contributed by atoms with Crippen molar-refractivity contribution in [2.75, 3.05) is 19.6 Å². The lowest BCUT2D eigenvalue weighted by Gasteiger charge is -2.13. The first kappa shape index (κ1) is 11.0. The molecule has 1 heterocycles. The third kappa shape index (κ3) is 2.33. The van der Waals surface area contributed by atoms with Crippen LogP contribution in [-0.4, -0.2) is 40.5 Å². The van der Waals surface area contributed by atoms with E-state index in [1.807, 2.05) is 0 Å². The predicted octanol–water partition coefficient (Wildman–Crippen LogP) is 1.38. The van der Waals surface area contributed by atoms with Crippen LogP contribution in [-0.2, 0) is 0 Å². The molecule has 0 saturated carbocycles. The van der Waals surface area contributed by atoms with E-state index in [0.717, 1.165) is 25.9 Å². The average molecular weight is 221 g/mol. The van der Waals surface area contributed by atoms with Crippen molar-refractivity contribution in [3.05, 3.63) is 23.8 Å². The minimum absolute atomic E-state index is 0.0165. The third-order valence-corrected chi connectivity index (χ3v) is 2.86. The second-order valence-electron chi connectivity index (χ2n) is 4.11. The number of likely N-dealkylation sites (tertiary alicyclic amines) is 1. The summed E-state index contributed by atoms with van der Waals surface area (Å²) < 4.78 is 0. The number of phenols is 2. The number of benzene rings is 1. The Labute approximate surface area is 94.1 Å². The van der Waals surface area contributed by atoms with Crippen molar-refractivity contribution in [2.45, 2.75) is 12.8 Å². The van der Waals surface area contributed by atoms with Crippen molar-refractivity contribution in [2.24, 2.45) is 0 Å². The predicted molar refractivity (Wildman–Crippen MR) is 59.8 cm³/mol. The molecule has 0 aromatic heterocycles. The van der Waals surface area contributed by atoms with E-state index in [9.17, 15) is 9.90 Å². The van der Waals surface area contributed by atoms with Crippen molar-refractivity contribution < 1.29 is 15.0 Å². The number of Topliss-reactive ketones (excluding diaryl/α,β-unsaturated/α-hetero) is 1. The molecule has 1 aromatic carbocycles. The van der Waals surface area contributed by atoms with Crippen LogP contribution < -0.4 is 0 Å². The Hall–Kier alpha value is -1.55. The van der Waals surface area contributed by atoms with E-state index in [-0.39, 0.29) is 17.3 Å². The molecular weight excluding hydrogens is 206 g/mol. The maximum atomic E-state index is 11.8. The number of carbonyl (C=O) groups excluding carboxylic acids is 1. The summed E-state index contributed by atoms with van der Waals surface area (Å²) in [6, 6.07) is 4.19. The Morgan fingerprint density at radius 2 is 1.88 bits per heavy atom. The molecule has 2 N–H and O–H groups in total. The van der Waals surface area contributed by atoms with Gasteiger partial charge in [0.2, 0.25) is 0 Å². The van der Waals surface area contributed by atoms with E-state index in [0.29, 0.717) is 12.1 Å². The van der Waals surface area contributed by atoms with E-state index < -0.39 is 0 Å². The van der Waals surface area contributed by atoms with Crippen LogP contribution in [0.25, 0.3) is 0 Å². The van der Waals surface area contributed by atoms with Gasteiger partial charge in [-0.05, 0) is 44.1 Å². The average Bonchev–Trinajstić information content (AvgIpc) is 2.74. The number of hydrogen-bond donors (Lipinski definition) is 2. The van der Waals surface area contributed by atoms with E-state index in [2.05, 4.69) is 4.90 Å². The van der Waals surface area contributed by atoms with Crippen LogP contribution in [0.5, 0.6) is 11.5 Å². The maximum absolute atomic E-state index is 11.8. The highest BCUT2D eigenvalue weighted by molar-refractivity contribution is 5.98. The smallest absolute Gasteiger partial charge is 0.176 e. The molecule has 4 nitrogen and oxygen atoms in total. The van der Waals surface area contributed by atoms with Crippen LogP contribution in [0.1, 0.15) is 23.2 Å². The van der Waals surface area contributed by atoms with Gasteiger partial charge in [0.1, 0.15) is 0 Å². The summed E-state index contributed by atoms with van der Waals surface area (Å²) in [5.74, 6) is -0.456. The number of rotatable bonds is 3. The SMILES string of the molecule is O=C(CN1CCCC1)c1ccc(O)c(O)c1. The molecule has 16 heavy (non-hydrogen) atoms. The summed E-state index contributed by atoms with van der Waals surface area (Å²) in [7, 11) is 0. The Balaban J connectivity index is 2.05. The second kappa shape index (κ2) is 4.53. The summed E-state index contributed by atoms with van der Waals surface area (Å²) in [6.07, 6.45) is 2.29. The molecule has 1 fully saturated rings. The summed E-state index contributed by atoms with van der Waals surface area (Å²) in [5, 5.41) is 18.4. The van der Waals surface area contributed by atoms with Gasteiger partial charge in [-0.25, -0.2) is 0 Å². The topological polar surface area (TPSA) is 60.8 Å². The monoisotopic (exact) mass is 221 g/mol.